The highest BCUT2D eigenvalue weighted by molar-refractivity contribution is 9.19. The predicted molar refractivity (Wildman–Crippen MR) is 90.9 cm³/mol. The SMILES string of the molecule is CN(C)c1cccc(NC(=O)CBr)c1.O=C(Br)CBr. The van der Waals surface area contributed by atoms with Gasteiger partial charge in [-0.05, 0) is 34.1 Å². The Kier molecular flexibility index (Phi) is 10.2. The van der Waals surface area contributed by atoms with Gasteiger partial charge in [0.25, 0.3) is 0 Å². The van der Waals surface area contributed by atoms with Crippen LogP contribution in [-0.4, -0.2) is 35.4 Å². The van der Waals surface area contributed by atoms with Gasteiger partial charge in [0.2, 0.25) is 10.6 Å². The summed E-state index contributed by atoms with van der Waals surface area (Å²) in [6, 6.07) is 7.71. The predicted octanol–water partition coefficient (Wildman–Crippen LogP) is 3.39. The van der Waals surface area contributed by atoms with Crippen molar-refractivity contribution in [1.82, 2.24) is 0 Å². The molecule has 0 fully saturated rings. The summed E-state index contributed by atoms with van der Waals surface area (Å²) in [6.07, 6.45) is 0. The van der Waals surface area contributed by atoms with Crippen molar-refractivity contribution in [2.24, 2.45) is 0 Å². The van der Waals surface area contributed by atoms with Crippen molar-refractivity contribution in [3.05, 3.63) is 24.3 Å². The van der Waals surface area contributed by atoms with Crippen LogP contribution in [0, 0.1) is 0 Å². The Morgan fingerprint density at radius 1 is 1.21 bits per heavy atom. The zero-order valence-corrected chi connectivity index (χ0v) is 15.4. The van der Waals surface area contributed by atoms with E-state index in [0.717, 1.165) is 11.4 Å². The van der Waals surface area contributed by atoms with E-state index >= 15 is 0 Å². The van der Waals surface area contributed by atoms with E-state index in [-0.39, 0.29) is 10.6 Å². The quantitative estimate of drug-likeness (QED) is 0.556. The zero-order chi connectivity index (χ0) is 14.8. The Hall–Kier alpha value is -0.400. The van der Waals surface area contributed by atoms with E-state index in [9.17, 15) is 9.59 Å². The fourth-order valence-electron chi connectivity index (χ4n) is 1.06. The first-order valence-electron chi connectivity index (χ1n) is 5.28. The third-order valence-electron chi connectivity index (χ3n) is 1.87. The lowest BCUT2D eigenvalue weighted by Gasteiger charge is -2.13. The molecule has 0 atom stereocenters. The van der Waals surface area contributed by atoms with E-state index in [2.05, 4.69) is 53.1 Å². The van der Waals surface area contributed by atoms with E-state index in [1.54, 1.807) is 0 Å². The smallest absolute Gasteiger partial charge is 0.235 e. The Morgan fingerprint density at radius 3 is 2.21 bits per heavy atom. The van der Waals surface area contributed by atoms with Crippen molar-refractivity contribution in [3.63, 3.8) is 0 Å². The number of hydrogen-bond acceptors (Lipinski definition) is 3. The molecule has 106 valence electrons. The molecule has 0 aromatic heterocycles. The second-order valence-electron chi connectivity index (χ2n) is 3.62. The number of nitrogens with zero attached hydrogens (tertiary/aromatic N) is 1. The molecule has 1 aromatic carbocycles. The minimum atomic E-state index is -0.0408. The van der Waals surface area contributed by atoms with E-state index in [4.69, 9.17) is 0 Å². The van der Waals surface area contributed by atoms with Crippen LogP contribution in [0.15, 0.2) is 24.3 Å². The topological polar surface area (TPSA) is 49.4 Å². The number of halogens is 3. The van der Waals surface area contributed by atoms with Crippen LogP contribution in [0.5, 0.6) is 0 Å². The van der Waals surface area contributed by atoms with Crippen LogP contribution in [0.4, 0.5) is 11.4 Å². The van der Waals surface area contributed by atoms with Gasteiger partial charge in [-0.1, -0.05) is 37.9 Å². The van der Waals surface area contributed by atoms with Gasteiger partial charge in [-0.25, -0.2) is 0 Å². The lowest BCUT2D eigenvalue weighted by molar-refractivity contribution is -0.113. The minimum Gasteiger partial charge on any atom is -0.378 e. The molecule has 1 N–H and O–H groups in total. The van der Waals surface area contributed by atoms with Crippen LogP contribution in [0.1, 0.15) is 0 Å². The largest absolute Gasteiger partial charge is 0.378 e. The van der Waals surface area contributed by atoms with Crippen LogP contribution in [0.25, 0.3) is 0 Å². The first-order chi connectivity index (χ1) is 8.90. The van der Waals surface area contributed by atoms with Gasteiger partial charge in [-0.15, -0.1) is 0 Å². The summed E-state index contributed by atoms with van der Waals surface area (Å²) in [5, 5.41) is 3.49. The molecular formula is C12H15Br3N2O2. The number of rotatable bonds is 4. The molecule has 0 bridgehead atoms. The van der Waals surface area contributed by atoms with Crippen LogP contribution in [0.2, 0.25) is 0 Å². The van der Waals surface area contributed by atoms with Crippen molar-refractivity contribution in [3.8, 4) is 0 Å². The molecule has 0 heterocycles. The number of nitrogens with one attached hydrogen (secondary N) is 1. The van der Waals surface area contributed by atoms with Crippen molar-refractivity contribution < 1.29 is 9.59 Å². The standard InChI is InChI=1S/C10H13BrN2O.C2H2Br2O/c1-13(2)9-5-3-4-8(6-9)12-10(14)7-11;3-1-2(4)5/h3-6H,7H2,1-2H3,(H,12,14);1H2. The monoisotopic (exact) mass is 456 g/mol. The second-order valence-corrected chi connectivity index (χ2v) is 5.62. The van der Waals surface area contributed by atoms with Crippen LogP contribution < -0.4 is 10.2 Å². The molecule has 0 aliphatic rings. The number of benzene rings is 1. The Balaban J connectivity index is 0.000000555. The van der Waals surface area contributed by atoms with E-state index in [1.807, 2.05) is 43.3 Å². The molecule has 0 aliphatic heterocycles. The molecule has 0 unspecified atom stereocenters. The summed E-state index contributed by atoms with van der Waals surface area (Å²) in [4.78, 5) is 22.8. The van der Waals surface area contributed by atoms with E-state index in [0.29, 0.717) is 10.7 Å². The highest BCUT2D eigenvalue weighted by Gasteiger charge is 2.01. The molecule has 7 heteroatoms. The van der Waals surface area contributed by atoms with Crippen molar-refractivity contribution in [2.75, 3.05) is 35.0 Å². The minimum absolute atomic E-state index is 0.0162. The van der Waals surface area contributed by atoms with Gasteiger partial charge in [0.15, 0.2) is 0 Å². The number of amides is 1. The number of anilines is 2. The second kappa shape index (κ2) is 10.4. The Labute approximate surface area is 138 Å². The summed E-state index contributed by atoms with van der Waals surface area (Å²) in [7, 11) is 3.93. The number of hydrogen-bond donors (Lipinski definition) is 1. The first-order valence-corrected chi connectivity index (χ1v) is 8.31. The maximum absolute atomic E-state index is 11.1. The molecule has 4 nitrogen and oxygen atoms in total. The molecule has 0 radical (unpaired) electrons. The Bertz CT molecular complexity index is 425. The summed E-state index contributed by atoms with van der Waals surface area (Å²) < 4.78 is -0.0162. The fourth-order valence-corrected chi connectivity index (χ4v) is 1.20. The van der Waals surface area contributed by atoms with Gasteiger partial charge in [0.1, 0.15) is 0 Å². The molecule has 0 spiro atoms. The lowest BCUT2D eigenvalue weighted by atomic mass is 10.2. The van der Waals surface area contributed by atoms with Crippen molar-refractivity contribution in [1.29, 1.82) is 0 Å². The zero-order valence-electron chi connectivity index (χ0n) is 10.6. The number of carbonyl (C=O) groups excluding carboxylic acids is 2. The van der Waals surface area contributed by atoms with Gasteiger partial charge in [0, 0.05) is 25.5 Å². The average molecular weight is 459 g/mol. The highest BCUT2D eigenvalue weighted by Crippen LogP contribution is 2.17. The normalized spacial score (nSPS) is 9.11. The van der Waals surface area contributed by atoms with Crippen LogP contribution >= 0.6 is 47.8 Å². The van der Waals surface area contributed by atoms with Crippen molar-refractivity contribution >= 4 is 69.8 Å². The van der Waals surface area contributed by atoms with Gasteiger partial charge in [-0.3, -0.25) is 9.59 Å². The molecule has 19 heavy (non-hydrogen) atoms. The summed E-state index contributed by atoms with van der Waals surface area (Å²) >= 11 is 8.70. The van der Waals surface area contributed by atoms with Crippen molar-refractivity contribution in [2.45, 2.75) is 0 Å². The maximum Gasteiger partial charge on any atom is 0.235 e. The third kappa shape index (κ3) is 9.18. The molecule has 0 saturated heterocycles. The third-order valence-corrected chi connectivity index (χ3v) is 3.92. The lowest BCUT2D eigenvalue weighted by Crippen LogP contribution is -2.13. The van der Waals surface area contributed by atoms with E-state index in [1.165, 1.54) is 0 Å². The molecule has 0 aliphatic carbocycles. The Morgan fingerprint density at radius 2 is 1.79 bits per heavy atom. The van der Waals surface area contributed by atoms with Gasteiger partial charge in [-0.2, -0.15) is 0 Å². The van der Waals surface area contributed by atoms with Crippen LogP contribution in [0.3, 0.4) is 0 Å². The molecule has 1 aromatic rings. The van der Waals surface area contributed by atoms with Gasteiger partial charge in [0.05, 0.1) is 10.7 Å². The average Bonchev–Trinajstić information content (AvgIpc) is 2.39. The molecule has 1 amide bonds. The highest BCUT2D eigenvalue weighted by atomic mass is 79.9. The van der Waals surface area contributed by atoms with Gasteiger partial charge >= 0.3 is 0 Å². The summed E-state index contributed by atoms with van der Waals surface area (Å²) in [5.74, 6) is -0.0408. The maximum atomic E-state index is 11.1. The summed E-state index contributed by atoms with van der Waals surface area (Å²) in [5.41, 5.74) is 1.89. The van der Waals surface area contributed by atoms with Gasteiger partial charge < -0.3 is 10.2 Å². The molecular weight excluding hydrogens is 444 g/mol. The number of carbonyl (C=O) groups is 2. The van der Waals surface area contributed by atoms with Crippen LogP contribution in [-0.2, 0) is 9.59 Å². The molecule has 0 saturated carbocycles. The fraction of sp³-hybridized carbons (Fsp3) is 0.333. The first kappa shape index (κ1) is 18.6. The number of alkyl halides is 2. The van der Waals surface area contributed by atoms with E-state index < -0.39 is 0 Å². The summed E-state index contributed by atoms with van der Waals surface area (Å²) in [6.45, 7) is 0. The molecule has 1 rings (SSSR count).